The number of nitrogens with two attached hydrogens (primary N) is 1. The van der Waals surface area contributed by atoms with E-state index in [0.717, 1.165) is 12.7 Å². The molecule has 0 saturated carbocycles. The molecule has 126 valence electrons. The van der Waals surface area contributed by atoms with E-state index in [0.29, 0.717) is 11.5 Å². The molecule has 2 aromatic carbocycles. The van der Waals surface area contributed by atoms with Crippen LogP contribution in [0.15, 0.2) is 36.4 Å². The van der Waals surface area contributed by atoms with E-state index < -0.39 is 18.0 Å². The highest BCUT2D eigenvalue weighted by atomic mass is 127. The Kier molecular flexibility index (Phi) is 6.40. The Labute approximate surface area is 165 Å². The molecule has 0 aliphatic heterocycles. The van der Waals surface area contributed by atoms with Crippen molar-refractivity contribution in [3.63, 3.8) is 0 Å². The van der Waals surface area contributed by atoms with Gasteiger partial charge in [0.2, 0.25) is 0 Å². The lowest BCUT2D eigenvalue weighted by Crippen LogP contribution is -2.32. The largest absolute Gasteiger partial charge is 0.480 e. The van der Waals surface area contributed by atoms with Crippen molar-refractivity contribution in [3.05, 3.63) is 54.7 Å². The van der Waals surface area contributed by atoms with Crippen LogP contribution < -0.4 is 10.5 Å². The van der Waals surface area contributed by atoms with Gasteiger partial charge in [-0.1, -0.05) is 0 Å². The molecule has 0 heterocycles. The second-order valence-corrected chi connectivity index (χ2v) is 7.29. The minimum absolute atomic E-state index is 0.185. The third kappa shape index (κ3) is 4.80. The monoisotopic (exact) mass is 553 g/mol. The quantitative estimate of drug-likeness (QED) is 0.474. The van der Waals surface area contributed by atoms with Crippen LogP contribution in [0.4, 0.5) is 0 Å². The van der Waals surface area contributed by atoms with Gasteiger partial charge in [0.25, 0.3) is 0 Å². The smallest absolute Gasteiger partial charge is 0.335 e. The van der Waals surface area contributed by atoms with Crippen molar-refractivity contribution in [2.45, 2.75) is 12.5 Å². The van der Waals surface area contributed by atoms with Crippen molar-refractivity contribution in [2.75, 3.05) is 0 Å². The zero-order chi connectivity index (χ0) is 17.9. The van der Waals surface area contributed by atoms with Crippen molar-refractivity contribution in [3.8, 4) is 11.5 Å². The number of halogens is 2. The van der Waals surface area contributed by atoms with Crippen molar-refractivity contribution in [1.29, 1.82) is 0 Å². The molecule has 4 N–H and O–H groups in total. The predicted molar refractivity (Wildman–Crippen MR) is 105 cm³/mol. The molecule has 8 heteroatoms. The van der Waals surface area contributed by atoms with Crippen molar-refractivity contribution >= 4 is 57.1 Å². The maximum atomic E-state index is 10.9. The van der Waals surface area contributed by atoms with Crippen LogP contribution in [0.25, 0.3) is 0 Å². The first-order valence-electron chi connectivity index (χ1n) is 6.75. The van der Waals surface area contributed by atoms with Gasteiger partial charge in [0.15, 0.2) is 5.75 Å². The van der Waals surface area contributed by atoms with Gasteiger partial charge >= 0.3 is 11.9 Å². The van der Waals surface area contributed by atoms with Crippen LogP contribution in [0.1, 0.15) is 15.9 Å². The summed E-state index contributed by atoms with van der Waals surface area (Å²) in [7, 11) is 0. The zero-order valence-electron chi connectivity index (χ0n) is 12.2. The van der Waals surface area contributed by atoms with Gasteiger partial charge in [0.1, 0.15) is 11.8 Å². The minimum Gasteiger partial charge on any atom is -0.480 e. The van der Waals surface area contributed by atoms with Crippen LogP contribution in [-0.4, -0.2) is 28.2 Å². The van der Waals surface area contributed by atoms with Gasteiger partial charge in [-0.2, -0.15) is 0 Å². The molecule has 6 nitrogen and oxygen atoms in total. The van der Waals surface area contributed by atoms with Crippen LogP contribution >= 0.6 is 45.2 Å². The molecular weight excluding hydrogens is 540 g/mol. The summed E-state index contributed by atoms with van der Waals surface area (Å²) in [5.41, 5.74) is 6.56. The van der Waals surface area contributed by atoms with Gasteiger partial charge in [-0.15, -0.1) is 0 Å². The van der Waals surface area contributed by atoms with E-state index in [-0.39, 0.29) is 12.0 Å². The lowest BCUT2D eigenvalue weighted by Gasteiger charge is -2.13. The first-order chi connectivity index (χ1) is 11.3. The Balaban J connectivity index is 2.22. The van der Waals surface area contributed by atoms with Crippen molar-refractivity contribution in [1.82, 2.24) is 0 Å². The van der Waals surface area contributed by atoms with E-state index in [2.05, 4.69) is 45.2 Å². The van der Waals surface area contributed by atoms with Gasteiger partial charge in [-0.3, -0.25) is 4.79 Å². The molecule has 0 unspecified atom stereocenters. The van der Waals surface area contributed by atoms with Gasteiger partial charge in [-0.25, -0.2) is 4.79 Å². The highest BCUT2D eigenvalue weighted by Crippen LogP contribution is 2.33. The lowest BCUT2D eigenvalue weighted by molar-refractivity contribution is -0.138. The summed E-state index contributed by atoms with van der Waals surface area (Å²) in [6.07, 6.45) is 0.231. The number of benzene rings is 2. The summed E-state index contributed by atoms with van der Waals surface area (Å²) in [5, 5.41) is 17.8. The molecule has 0 aromatic heterocycles. The number of rotatable bonds is 6. The van der Waals surface area contributed by atoms with Gasteiger partial charge < -0.3 is 20.7 Å². The van der Waals surface area contributed by atoms with Crippen molar-refractivity contribution in [2.24, 2.45) is 5.73 Å². The third-order valence-corrected chi connectivity index (χ3v) is 4.75. The number of hydrogen-bond donors (Lipinski definition) is 3. The molecule has 0 radical (unpaired) electrons. The van der Waals surface area contributed by atoms with E-state index in [1.807, 2.05) is 12.1 Å². The molecule has 0 fully saturated rings. The molecule has 0 aliphatic carbocycles. The number of aromatic carboxylic acids is 1. The van der Waals surface area contributed by atoms with Crippen LogP contribution in [0, 0.1) is 7.14 Å². The number of carbonyl (C=O) groups is 2. The SMILES string of the molecule is N[C@@H](Cc1cc(I)c(Oc2ccc(C(=O)O)cc2)c(I)c1)C(=O)O. The maximum Gasteiger partial charge on any atom is 0.335 e. The Morgan fingerprint density at radius 2 is 1.62 bits per heavy atom. The van der Waals surface area contributed by atoms with E-state index in [1.54, 1.807) is 12.1 Å². The second kappa shape index (κ2) is 8.12. The molecule has 1 atom stereocenters. The molecule has 0 bridgehead atoms. The fourth-order valence-corrected chi connectivity index (χ4v) is 4.07. The Bertz CT molecular complexity index is 754. The molecular formula is C16H13I2NO5. The molecule has 0 amide bonds. The summed E-state index contributed by atoms with van der Waals surface area (Å²) in [4.78, 5) is 21.7. The fraction of sp³-hybridized carbons (Fsp3) is 0.125. The topological polar surface area (TPSA) is 110 Å². The molecule has 24 heavy (non-hydrogen) atoms. The average Bonchev–Trinajstić information content (AvgIpc) is 2.51. The first kappa shape index (κ1) is 18.9. The number of carboxylic acid groups (broad SMARTS) is 2. The summed E-state index contributed by atoms with van der Waals surface area (Å²) < 4.78 is 7.46. The van der Waals surface area contributed by atoms with Crippen molar-refractivity contribution < 1.29 is 24.5 Å². The predicted octanol–water partition coefficient (Wildman–Crippen LogP) is 3.34. The van der Waals surface area contributed by atoms with E-state index in [9.17, 15) is 9.59 Å². The molecule has 2 rings (SSSR count). The van der Waals surface area contributed by atoms with Crippen LogP contribution in [0.5, 0.6) is 11.5 Å². The zero-order valence-corrected chi connectivity index (χ0v) is 16.5. The third-order valence-electron chi connectivity index (χ3n) is 3.15. The average molecular weight is 553 g/mol. The van der Waals surface area contributed by atoms with Crippen LogP contribution in [0.2, 0.25) is 0 Å². The van der Waals surface area contributed by atoms with E-state index in [1.165, 1.54) is 12.1 Å². The lowest BCUT2D eigenvalue weighted by atomic mass is 10.1. The summed E-state index contributed by atoms with van der Waals surface area (Å²) in [6, 6.07) is 8.81. The van der Waals surface area contributed by atoms with Gasteiger partial charge in [0, 0.05) is 0 Å². The fourth-order valence-electron chi connectivity index (χ4n) is 1.95. The number of hydrogen-bond acceptors (Lipinski definition) is 4. The highest BCUT2D eigenvalue weighted by Gasteiger charge is 2.16. The van der Waals surface area contributed by atoms with Crippen LogP contribution in [0.3, 0.4) is 0 Å². The number of aliphatic carboxylic acids is 1. The molecule has 0 saturated heterocycles. The molecule has 0 aliphatic rings. The second-order valence-electron chi connectivity index (χ2n) is 4.97. The molecule has 2 aromatic rings. The first-order valence-corrected chi connectivity index (χ1v) is 8.91. The number of ether oxygens (including phenoxy) is 1. The summed E-state index contributed by atoms with van der Waals surface area (Å²) in [5.74, 6) is -0.888. The van der Waals surface area contributed by atoms with Gasteiger partial charge in [-0.05, 0) is 93.6 Å². The van der Waals surface area contributed by atoms with E-state index in [4.69, 9.17) is 20.7 Å². The maximum absolute atomic E-state index is 10.9. The Morgan fingerprint density at radius 1 is 1.08 bits per heavy atom. The Hall–Kier alpha value is -1.40. The minimum atomic E-state index is -1.04. The summed E-state index contributed by atoms with van der Waals surface area (Å²) in [6.45, 7) is 0. The van der Waals surface area contributed by atoms with E-state index >= 15 is 0 Å². The summed E-state index contributed by atoms with van der Waals surface area (Å²) >= 11 is 4.22. The van der Waals surface area contributed by atoms with Crippen LogP contribution in [-0.2, 0) is 11.2 Å². The highest BCUT2D eigenvalue weighted by molar-refractivity contribution is 14.1. The van der Waals surface area contributed by atoms with Gasteiger partial charge in [0.05, 0.1) is 12.7 Å². The standard InChI is InChI=1S/C16H13I2NO5/c17-11-5-8(7-13(19)16(22)23)6-12(18)14(11)24-10-3-1-9(2-4-10)15(20)21/h1-6,13H,7,19H2,(H,20,21)(H,22,23)/t13-/m0/s1. The number of carboxylic acids is 2. The normalized spacial score (nSPS) is 11.8. The Morgan fingerprint density at radius 3 is 2.08 bits per heavy atom. The molecule has 0 spiro atoms.